The smallest absolute Gasteiger partial charge is 0.336 e. The zero-order valence-electron chi connectivity index (χ0n) is 13.4. The molecular weight excluding hydrogens is 326 g/mol. The van der Waals surface area contributed by atoms with Crippen molar-refractivity contribution < 1.29 is 14.3 Å². The summed E-state index contributed by atoms with van der Waals surface area (Å²) in [6.45, 7) is 2.30. The van der Waals surface area contributed by atoms with E-state index in [2.05, 4.69) is 10.1 Å². The van der Waals surface area contributed by atoms with Crippen LogP contribution >= 0.6 is 11.3 Å². The van der Waals surface area contributed by atoms with Crippen LogP contribution in [-0.2, 0) is 6.42 Å². The maximum atomic E-state index is 12.7. The molecule has 0 unspecified atom stereocenters. The molecule has 6 nitrogen and oxygen atoms in total. The molecule has 0 saturated heterocycles. The molecule has 7 heteroatoms. The maximum absolute atomic E-state index is 12.7. The first-order valence-electron chi connectivity index (χ1n) is 7.51. The molecule has 0 radical (unpaired) electrons. The van der Waals surface area contributed by atoms with Gasteiger partial charge >= 0.3 is 6.01 Å². The first kappa shape index (κ1) is 16.2. The number of hydrogen-bond acceptors (Lipinski definition) is 6. The molecule has 0 aliphatic rings. The number of carbonyl (C=O) groups is 1. The Kier molecular flexibility index (Phi) is 4.90. The van der Waals surface area contributed by atoms with Crippen LogP contribution in [0, 0.1) is 0 Å². The molecule has 0 aliphatic carbocycles. The van der Waals surface area contributed by atoms with Gasteiger partial charge in [-0.1, -0.05) is 18.2 Å². The van der Waals surface area contributed by atoms with Gasteiger partial charge in [-0.05, 0) is 36.1 Å². The Labute approximate surface area is 143 Å². The number of thiophene rings is 1. The lowest BCUT2D eigenvalue weighted by Gasteiger charge is -2.04. The topological polar surface area (TPSA) is 66.2 Å². The predicted octanol–water partition coefficient (Wildman–Crippen LogP) is 3.30. The van der Waals surface area contributed by atoms with Crippen molar-refractivity contribution in [1.29, 1.82) is 0 Å². The van der Waals surface area contributed by atoms with Gasteiger partial charge in [0.2, 0.25) is 0 Å². The second-order valence-electron chi connectivity index (χ2n) is 4.96. The zero-order chi connectivity index (χ0) is 16.9. The predicted molar refractivity (Wildman–Crippen MR) is 91.8 cm³/mol. The fourth-order valence-corrected chi connectivity index (χ4v) is 2.91. The van der Waals surface area contributed by atoms with Gasteiger partial charge < -0.3 is 9.47 Å². The van der Waals surface area contributed by atoms with Crippen molar-refractivity contribution >= 4 is 17.2 Å². The molecular formula is C17H17N3O3S. The summed E-state index contributed by atoms with van der Waals surface area (Å²) in [5.41, 5.74) is 0.881. The van der Waals surface area contributed by atoms with E-state index in [4.69, 9.17) is 9.47 Å². The largest absolute Gasteiger partial charge is 0.497 e. The number of rotatable bonds is 6. The highest BCUT2D eigenvalue weighted by molar-refractivity contribution is 7.13. The molecule has 0 aliphatic heterocycles. The molecule has 0 N–H and O–H groups in total. The molecule has 24 heavy (non-hydrogen) atoms. The Bertz CT molecular complexity index is 810. The van der Waals surface area contributed by atoms with Crippen LogP contribution in [0.1, 0.15) is 17.3 Å². The second-order valence-corrected chi connectivity index (χ2v) is 5.91. The van der Waals surface area contributed by atoms with E-state index in [0.717, 1.165) is 16.2 Å². The van der Waals surface area contributed by atoms with Gasteiger partial charge in [-0.2, -0.15) is 9.67 Å². The Morgan fingerprint density at radius 1 is 1.25 bits per heavy atom. The molecule has 0 bridgehead atoms. The van der Waals surface area contributed by atoms with E-state index < -0.39 is 0 Å². The summed E-state index contributed by atoms with van der Waals surface area (Å²) in [7, 11) is 1.61. The monoisotopic (exact) mass is 343 g/mol. The number of carbonyl (C=O) groups excluding carboxylic acids is 1. The number of benzene rings is 1. The molecule has 2 aromatic heterocycles. The number of ether oxygens (including phenoxy) is 2. The number of methoxy groups -OCH3 is 1. The summed E-state index contributed by atoms with van der Waals surface area (Å²) in [6.07, 6.45) is 0.220. The minimum atomic E-state index is -0.165. The van der Waals surface area contributed by atoms with Crippen LogP contribution in [-0.4, -0.2) is 34.4 Å². The van der Waals surface area contributed by atoms with Crippen molar-refractivity contribution in [3.8, 4) is 22.5 Å². The number of hydrogen-bond donors (Lipinski definition) is 0. The van der Waals surface area contributed by atoms with Crippen LogP contribution in [0.25, 0.3) is 10.7 Å². The Morgan fingerprint density at radius 3 is 2.67 bits per heavy atom. The van der Waals surface area contributed by atoms with Crippen LogP contribution in [0.2, 0.25) is 0 Å². The van der Waals surface area contributed by atoms with Crippen molar-refractivity contribution in [3.63, 3.8) is 0 Å². The fourth-order valence-electron chi connectivity index (χ4n) is 2.22. The summed E-state index contributed by atoms with van der Waals surface area (Å²) in [4.78, 5) is 17.9. The van der Waals surface area contributed by atoms with E-state index in [-0.39, 0.29) is 18.3 Å². The SMILES string of the molecule is CCOc1nc(-c2cccs2)n(C(=O)Cc2ccc(OC)cc2)n1. The van der Waals surface area contributed by atoms with Gasteiger partial charge in [0.15, 0.2) is 5.82 Å². The van der Waals surface area contributed by atoms with Crippen molar-refractivity contribution in [1.82, 2.24) is 14.8 Å². The van der Waals surface area contributed by atoms with Crippen molar-refractivity contribution in [3.05, 3.63) is 47.3 Å². The first-order valence-corrected chi connectivity index (χ1v) is 8.39. The van der Waals surface area contributed by atoms with Crippen LogP contribution in [0.15, 0.2) is 41.8 Å². The fraction of sp³-hybridized carbons (Fsp3) is 0.235. The number of nitrogens with zero attached hydrogens (tertiary/aromatic N) is 3. The summed E-state index contributed by atoms with van der Waals surface area (Å²) < 4.78 is 11.8. The molecule has 0 saturated carbocycles. The quantitative estimate of drug-likeness (QED) is 0.687. The van der Waals surface area contributed by atoms with Crippen LogP contribution in [0.5, 0.6) is 11.8 Å². The highest BCUT2D eigenvalue weighted by Gasteiger charge is 2.19. The highest BCUT2D eigenvalue weighted by Crippen LogP contribution is 2.25. The van der Waals surface area contributed by atoms with Crippen LogP contribution in [0.4, 0.5) is 0 Å². The minimum Gasteiger partial charge on any atom is -0.497 e. The molecule has 0 atom stereocenters. The van der Waals surface area contributed by atoms with E-state index in [1.165, 1.54) is 16.0 Å². The third-order valence-electron chi connectivity index (χ3n) is 3.35. The lowest BCUT2D eigenvalue weighted by molar-refractivity contribution is 0.0898. The average Bonchev–Trinajstić information content (AvgIpc) is 3.25. The van der Waals surface area contributed by atoms with Gasteiger partial charge in [-0.3, -0.25) is 4.79 Å². The summed E-state index contributed by atoms with van der Waals surface area (Å²) in [5.74, 6) is 1.10. The average molecular weight is 343 g/mol. The van der Waals surface area contributed by atoms with Crippen LogP contribution in [0.3, 0.4) is 0 Å². The molecule has 0 amide bonds. The third kappa shape index (κ3) is 3.46. The van der Waals surface area contributed by atoms with E-state index in [1.54, 1.807) is 7.11 Å². The van der Waals surface area contributed by atoms with Crippen molar-refractivity contribution in [2.24, 2.45) is 0 Å². The third-order valence-corrected chi connectivity index (χ3v) is 4.22. The molecule has 124 valence electrons. The van der Waals surface area contributed by atoms with E-state index >= 15 is 0 Å². The maximum Gasteiger partial charge on any atom is 0.336 e. The summed E-state index contributed by atoms with van der Waals surface area (Å²) >= 11 is 1.50. The molecule has 3 aromatic rings. The highest BCUT2D eigenvalue weighted by atomic mass is 32.1. The zero-order valence-corrected chi connectivity index (χ0v) is 14.2. The molecule has 3 rings (SSSR count). The van der Waals surface area contributed by atoms with Gasteiger partial charge in [0, 0.05) is 0 Å². The molecule has 2 heterocycles. The second kappa shape index (κ2) is 7.27. The van der Waals surface area contributed by atoms with Gasteiger partial charge in [0.1, 0.15) is 5.75 Å². The van der Waals surface area contributed by atoms with E-state index in [1.807, 2.05) is 48.7 Å². The van der Waals surface area contributed by atoms with Gasteiger partial charge in [-0.15, -0.1) is 16.4 Å². The Hall–Kier alpha value is -2.67. The van der Waals surface area contributed by atoms with E-state index in [0.29, 0.717) is 12.4 Å². The molecule has 0 fully saturated rings. The Balaban J connectivity index is 1.87. The lowest BCUT2D eigenvalue weighted by Crippen LogP contribution is -2.16. The van der Waals surface area contributed by atoms with Gasteiger partial charge in [0.25, 0.3) is 5.91 Å². The van der Waals surface area contributed by atoms with Gasteiger partial charge in [-0.25, -0.2) is 0 Å². The first-order chi connectivity index (χ1) is 11.7. The number of aromatic nitrogens is 3. The van der Waals surface area contributed by atoms with Crippen LogP contribution < -0.4 is 9.47 Å². The van der Waals surface area contributed by atoms with Gasteiger partial charge in [0.05, 0.1) is 25.0 Å². The summed E-state index contributed by atoms with van der Waals surface area (Å²) in [6, 6.07) is 11.4. The normalized spacial score (nSPS) is 10.6. The molecule has 0 spiro atoms. The van der Waals surface area contributed by atoms with E-state index in [9.17, 15) is 4.79 Å². The summed E-state index contributed by atoms with van der Waals surface area (Å²) in [5, 5.41) is 6.13. The minimum absolute atomic E-state index is 0.165. The molecule has 1 aromatic carbocycles. The lowest BCUT2D eigenvalue weighted by atomic mass is 10.1. The Morgan fingerprint density at radius 2 is 2.04 bits per heavy atom. The van der Waals surface area contributed by atoms with Crippen molar-refractivity contribution in [2.45, 2.75) is 13.3 Å². The standard InChI is InChI=1S/C17H17N3O3S/c1-3-23-17-18-16(14-5-4-10-24-14)20(19-17)15(21)11-12-6-8-13(22-2)9-7-12/h4-10H,3,11H2,1-2H3. The van der Waals surface area contributed by atoms with Crippen molar-refractivity contribution in [2.75, 3.05) is 13.7 Å².